The second kappa shape index (κ2) is 10.3. The Morgan fingerprint density at radius 2 is 1.85 bits per heavy atom. The molecular formula is C26H31FN4O2. The molecule has 1 N–H and O–H groups in total. The first-order chi connectivity index (χ1) is 16.0. The molecule has 1 amide bonds. The fourth-order valence-electron chi connectivity index (χ4n) is 4.47. The molecular weight excluding hydrogens is 419 g/mol. The molecule has 6 nitrogen and oxygen atoms in total. The van der Waals surface area contributed by atoms with E-state index in [1.54, 1.807) is 23.0 Å². The maximum atomic E-state index is 13.3. The zero-order valence-corrected chi connectivity index (χ0v) is 19.2. The van der Waals surface area contributed by atoms with Gasteiger partial charge in [0.25, 0.3) is 0 Å². The molecule has 3 atom stereocenters. The molecule has 1 saturated heterocycles. The third-order valence-corrected chi connectivity index (χ3v) is 6.44. The van der Waals surface area contributed by atoms with Crippen LogP contribution in [-0.2, 0) is 4.79 Å². The number of piperidine rings is 1. The summed E-state index contributed by atoms with van der Waals surface area (Å²) in [4.78, 5) is 15.1. The summed E-state index contributed by atoms with van der Waals surface area (Å²) in [6.45, 7) is 4.51. The number of benzene rings is 2. The number of amides is 1. The Hall–Kier alpha value is -3.06. The Kier molecular flexibility index (Phi) is 7.18. The number of hydrogen-bond donors (Lipinski definition) is 1. The van der Waals surface area contributed by atoms with E-state index in [-0.39, 0.29) is 17.8 Å². The molecule has 0 radical (unpaired) electrons. The number of likely N-dealkylation sites (tertiary alicyclic amines) is 1. The quantitative estimate of drug-likeness (QED) is 0.523. The number of unbranched alkanes of at least 4 members (excludes halogenated alkanes) is 2. The largest absolute Gasteiger partial charge is 0.391 e. The van der Waals surface area contributed by atoms with Gasteiger partial charge in [-0.25, -0.2) is 9.07 Å². The fraction of sp³-hybridized carbons (Fsp3) is 0.423. The maximum absolute atomic E-state index is 13.3. The zero-order valence-electron chi connectivity index (χ0n) is 19.2. The molecule has 0 spiro atoms. The molecule has 174 valence electrons. The molecule has 4 rings (SSSR count). The molecule has 1 aliphatic heterocycles. The van der Waals surface area contributed by atoms with Gasteiger partial charge in [0.1, 0.15) is 11.5 Å². The highest BCUT2D eigenvalue weighted by molar-refractivity contribution is 5.77. The lowest BCUT2D eigenvalue weighted by molar-refractivity contribution is -0.139. The SMILES string of the molecule is CCCCCC(=O)N1C[C@H](n2cc(-c3ccc(F)cc3)nn2)[C@@H](O)C[C@@H]1c1ccc(C)cc1. The topological polar surface area (TPSA) is 71.2 Å². The highest BCUT2D eigenvalue weighted by Gasteiger charge is 2.39. The van der Waals surface area contributed by atoms with E-state index < -0.39 is 12.1 Å². The smallest absolute Gasteiger partial charge is 0.223 e. The van der Waals surface area contributed by atoms with Crippen LogP contribution in [0.5, 0.6) is 0 Å². The summed E-state index contributed by atoms with van der Waals surface area (Å²) < 4.78 is 14.9. The van der Waals surface area contributed by atoms with E-state index in [1.165, 1.54) is 12.1 Å². The summed E-state index contributed by atoms with van der Waals surface area (Å²) >= 11 is 0. The zero-order chi connectivity index (χ0) is 23.4. The molecule has 2 heterocycles. The second-order valence-corrected chi connectivity index (χ2v) is 8.89. The lowest BCUT2D eigenvalue weighted by atomic mass is 9.89. The summed E-state index contributed by atoms with van der Waals surface area (Å²) in [7, 11) is 0. The lowest BCUT2D eigenvalue weighted by Gasteiger charge is -2.42. The van der Waals surface area contributed by atoms with Crippen molar-refractivity contribution in [3.8, 4) is 11.3 Å². The Morgan fingerprint density at radius 3 is 2.55 bits per heavy atom. The first kappa shape index (κ1) is 23.1. The average Bonchev–Trinajstić information content (AvgIpc) is 3.30. The molecule has 3 aromatic rings. The number of carbonyl (C=O) groups is 1. The number of aryl methyl sites for hydroxylation is 1. The van der Waals surface area contributed by atoms with Gasteiger partial charge in [0.15, 0.2) is 0 Å². The molecule has 33 heavy (non-hydrogen) atoms. The number of rotatable bonds is 7. The summed E-state index contributed by atoms with van der Waals surface area (Å²) in [5.41, 5.74) is 3.54. The van der Waals surface area contributed by atoms with Crippen molar-refractivity contribution in [2.24, 2.45) is 0 Å². The van der Waals surface area contributed by atoms with E-state index in [2.05, 4.69) is 17.2 Å². The Bertz CT molecular complexity index is 1060. The predicted molar refractivity (Wildman–Crippen MR) is 125 cm³/mol. The van der Waals surface area contributed by atoms with Gasteiger partial charge in [-0.15, -0.1) is 5.10 Å². The number of carbonyl (C=O) groups excluding carboxylic acids is 1. The van der Waals surface area contributed by atoms with Crippen LogP contribution in [0.2, 0.25) is 0 Å². The van der Waals surface area contributed by atoms with Crippen LogP contribution in [0, 0.1) is 12.7 Å². The van der Waals surface area contributed by atoms with Crippen LogP contribution in [-0.4, -0.2) is 43.6 Å². The Morgan fingerprint density at radius 1 is 1.12 bits per heavy atom. The third kappa shape index (κ3) is 5.30. The van der Waals surface area contributed by atoms with E-state index in [4.69, 9.17) is 0 Å². The monoisotopic (exact) mass is 450 g/mol. The van der Waals surface area contributed by atoms with E-state index >= 15 is 0 Å². The Labute approximate surface area is 194 Å². The van der Waals surface area contributed by atoms with E-state index in [1.807, 2.05) is 36.1 Å². The molecule has 1 fully saturated rings. The van der Waals surface area contributed by atoms with Crippen molar-refractivity contribution in [2.45, 2.75) is 64.1 Å². The molecule has 0 saturated carbocycles. The highest BCUT2D eigenvalue weighted by atomic mass is 19.1. The second-order valence-electron chi connectivity index (χ2n) is 8.89. The number of halogens is 1. The summed E-state index contributed by atoms with van der Waals surface area (Å²) in [6, 6.07) is 13.7. The molecule has 1 aliphatic rings. The Balaban J connectivity index is 1.58. The van der Waals surface area contributed by atoms with Crippen molar-refractivity contribution < 1.29 is 14.3 Å². The average molecular weight is 451 g/mol. The van der Waals surface area contributed by atoms with Gasteiger partial charge in [0.2, 0.25) is 5.91 Å². The van der Waals surface area contributed by atoms with Crippen molar-refractivity contribution in [1.29, 1.82) is 0 Å². The van der Waals surface area contributed by atoms with Crippen LogP contribution < -0.4 is 0 Å². The number of aliphatic hydroxyl groups excluding tert-OH is 1. The van der Waals surface area contributed by atoms with Crippen LogP contribution in [0.1, 0.15) is 62.2 Å². The summed E-state index contributed by atoms with van der Waals surface area (Å²) in [6.07, 6.45) is 4.94. The van der Waals surface area contributed by atoms with E-state index in [0.717, 1.165) is 36.0 Å². The van der Waals surface area contributed by atoms with Crippen LogP contribution in [0.15, 0.2) is 54.7 Å². The van der Waals surface area contributed by atoms with Gasteiger partial charge in [0.05, 0.1) is 24.4 Å². The van der Waals surface area contributed by atoms with Gasteiger partial charge in [0, 0.05) is 24.9 Å². The van der Waals surface area contributed by atoms with Gasteiger partial charge in [-0.3, -0.25) is 4.79 Å². The van der Waals surface area contributed by atoms with Gasteiger partial charge in [-0.2, -0.15) is 0 Å². The molecule has 1 aromatic heterocycles. The summed E-state index contributed by atoms with van der Waals surface area (Å²) in [5.74, 6) is -0.210. The normalized spacial score (nSPS) is 20.7. The highest BCUT2D eigenvalue weighted by Crippen LogP contribution is 2.36. The van der Waals surface area contributed by atoms with Crippen molar-refractivity contribution in [3.63, 3.8) is 0 Å². The third-order valence-electron chi connectivity index (χ3n) is 6.44. The number of hydrogen-bond acceptors (Lipinski definition) is 4. The van der Waals surface area contributed by atoms with Crippen molar-refractivity contribution in [2.75, 3.05) is 6.54 Å². The minimum Gasteiger partial charge on any atom is -0.391 e. The molecule has 0 aliphatic carbocycles. The van der Waals surface area contributed by atoms with Gasteiger partial charge >= 0.3 is 0 Å². The molecule has 0 bridgehead atoms. The number of aliphatic hydroxyl groups is 1. The standard InChI is InChI=1S/C26H31FN4O2/c1-3-4-5-6-26(33)30-17-24(25(32)15-23(30)20-9-7-18(2)8-10-20)31-16-22(28-29-31)19-11-13-21(27)14-12-19/h7-14,16,23-25,32H,3-6,15,17H2,1-2H3/t23-,24+,25+/m1/s1. The maximum Gasteiger partial charge on any atom is 0.223 e. The van der Waals surface area contributed by atoms with Gasteiger partial charge < -0.3 is 10.0 Å². The minimum absolute atomic E-state index is 0.102. The van der Waals surface area contributed by atoms with Crippen LogP contribution >= 0.6 is 0 Å². The summed E-state index contributed by atoms with van der Waals surface area (Å²) in [5, 5.41) is 19.5. The fourth-order valence-corrected chi connectivity index (χ4v) is 4.47. The minimum atomic E-state index is -0.682. The molecule has 7 heteroatoms. The van der Waals surface area contributed by atoms with E-state index in [0.29, 0.717) is 25.1 Å². The van der Waals surface area contributed by atoms with Crippen molar-refractivity contribution in [3.05, 3.63) is 71.7 Å². The molecule has 0 unspecified atom stereocenters. The molecule has 2 aromatic carbocycles. The number of aromatic nitrogens is 3. The van der Waals surface area contributed by atoms with Crippen molar-refractivity contribution >= 4 is 5.91 Å². The first-order valence-electron chi connectivity index (χ1n) is 11.7. The lowest BCUT2D eigenvalue weighted by Crippen LogP contribution is -2.48. The van der Waals surface area contributed by atoms with Crippen LogP contribution in [0.4, 0.5) is 4.39 Å². The van der Waals surface area contributed by atoms with Crippen molar-refractivity contribution in [1.82, 2.24) is 19.9 Å². The first-order valence-corrected chi connectivity index (χ1v) is 11.7. The number of nitrogens with zero attached hydrogens (tertiary/aromatic N) is 4. The van der Waals surface area contributed by atoms with Crippen LogP contribution in [0.25, 0.3) is 11.3 Å². The van der Waals surface area contributed by atoms with Crippen LogP contribution in [0.3, 0.4) is 0 Å². The van der Waals surface area contributed by atoms with E-state index in [9.17, 15) is 14.3 Å². The van der Waals surface area contributed by atoms with Gasteiger partial charge in [-0.1, -0.05) is 54.8 Å². The van der Waals surface area contributed by atoms with Gasteiger partial charge in [-0.05, 0) is 43.2 Å². The predicted octanol–water partition coefficient (Wildman–Crippen LogP) is 4.85.